The first kappa shape index (κ1) is 17.5. The van der Waals surface area contributed by atoms with E-state index in [2.05, 4.69) is 10.6 Å². The highest BCUT2D eigenvalue weighted by Crippen LogP contribution is 2.29. The quantitative estimate of drug-likeness (QED) is 0.773. The largest absolute Gasteiger partial charge is 0.325 e. The number of halogens is 3. The van der Waals surface area contributed by atoms with E-state index in [0.29, 0.717) is 4.90 Å². The Balaban J connectivity index is 1.97. The minimum Gasteiger partial charge on any atom is -0.325 e. The van der Waals surface area contributed by atoms with Gasteiger partial charge in [0, 0.05) is 35.4 Å². The average molecular weight is 350 g/mol. The van der Waals surface area contributed by atoms with Crippen LogP contribution in [-0.4, -0.2) is 42.2 Å². The number of benzene rings is 1. The zero-order chi connectivity index (χ0) is 15.9. The minimum absolute atomic E-state index is 0.0875. The van der Waals surface area contributed by atoms with Crippen LogP contribution in [0.2, 0.25) is 0 Å². The van der Waals surface area contributed by atoms with Crippen molar-refractivity contribution in [3.8, 4) is 0 Å². The topological polar surface area (TPSA) is 41.1 Å². The standard InChI is InChI=1S/C14H17F3N2OS2/c15-9-1-2-12(22-8-13(16)17)11(5-9)19-14(20)6-10-7-21-4-3-18-10/h1-2,5,10,13,18H,3-4,6-8H2,(H,19,20). The first-order chi connectivity index (χ1) is 10.5. The second-order valence-corrected chi connectivity index (χ2v) is 7.03. The van der Waals surface area contributed by atoms with Gasteiger partial charge in [0.25, 0.3) is 0 Å². The molecule has 1 aromatic carbocycles. The zero-order valence-electron chi connectivity index (χ0n) is 11.8. The SMILES string of the molecule is O=C(CC1CSCCN1)Nc1cc(F)ccc1SCC(F)F. The molecule has 2 N–H and O–H groups in total. The number of carbonyl (C=O) groups is 1. The highest BCUT2D eigenvalue weighted by Gasteiger charge is 2.18. The molecule has 122 valence electrons. The van der Waals surface area contributed by atoms with E-state index in [-0.39, 0.29) is 24.1 Å². The molecule has 0 radical (unpaired) electrons. The van der Waals surface area contributed by atoms with Gasteiger partial charge in [-0.2, -0.15) is 11.8 Å². The van der Waals surface area contributed by atoms with E-state index in [4.69, 9.17) is 0 Å². The van der Waals surface area contributed by atoms with Crippen molar-refractivity contribution in [3.05, 3.63) is 24.0 Å². The molecule has 3 nitrogen and oxygen atoms in total. The molecule has 0 aliphatic carbocycles. The summed E-state index contributed by atoms with van der Waals surface area (Å²) in [5.74, 6) is 0.725. The molecule has 0 spiro atoms. The fourth-order valence-corrected chi connectivity index (χ4v) is 3.74. The summed E-state index contributed by atoms with van der Waals surface area (Å²) in [6.07, 6.45) is -2.18. The Morgan fingerprint density at radius 2 is 2.32 bits per heavy atom. The Morgan fingerprint density at radius 1 is 1.50 bits per heavy atom. The van der Waals surface area contributed by atoms with Crippen LogP contribution in [0.1, 0.15) is 6.42 Å². The van der Waals surface area contributed by atoms with Crippen molar-refractivity contribution in [2.75, 3.05) is 29.1 Å². The number of hydrogen-bond acceptors (Lipinski definition) is 4. The molecule has 1 unspecified atom stereocenters. The third kappa shape index (κ3) is 5.73. The van der Waals surface area contributed by atoms with Gasteiger partial charge in [-0.3, -0.25) is 4.79 Å². The van der Waals surface area contributed by atoms with Crippen LogP contribution in [0, 0.1) is 5.82 Å². The second kappa shape index (κ2) is 8.69. The summed E-state index contributed by atoms with van der Waals surface area (Å²) in [5.41, 5.74) is 0.249. The molecule has 1 aliphatic heterocycles. The lowest BCUT2D eigenvalue weighted by Gasteiger charge is -2.22. The van der Waals surface area contributed by atoms with Crippen molar-refractivity contribution in [1.29, 1.82) is 0 Å². The summed E-state index contributed by atoms with van der Waals surface area (Å²) in [6.45, 7) is 0.859. The van der Waals surface area contributed by atoms with E-state index in [9.17, 15) is 18.0 Å². The number of nitrogens with one attached hydrogen (secondary N) is 2. The number of hydrogen-bond donors (Lipinski definition) is 2. The first-order valence-corrected chi connectivity index (χ1v) is 9.00. The number of alkyl halides is 2. The second-order valence-electron chi connectivity index (χ2n) is 4.82. The number of thioether (sulfide) groups is 2. The monoisotopic (exact) mass is 350 g/mol. The molecule has 1 aliphatic rings. The normalized spacial score (nSPS) is 18.5. The van der Waals surface area contributed by atoms with E-state index in [1.165, 1.54) is 12.1 Å². The van der Waals surface area contributed by atoms with Gasteiger partial charge < -0.3 is 10.6 Å². The van der Waals surface area contributed by atoms with Gasteiger partial charge in [0.1, 0.15) is 5.82 Å². The maximum Gasteiger partial charge on any atom is 0.247 e. The van der Waals surface area contributed by atoms with E-state index in [0.717, 1.165) is 35.9 Å². The van der Waals surface area contributed by atoms with Gasteiger partial charge in [-0.1, -0.05) is 0 Å². The maximum atomic E-state index is 13.3. The fraction of sp³-hybridized carbons (Fsp3) is 0.500. The highest BCUT2D eigenvalue weighted by molar-refractivity contribution is 7.99. The third-order valence-corrected chi connectivity index (χ3v) is 5.23. The van der Waals surface area contributed by atoms with Crippen molar-refractivity contribution in [2.24, 2.45) is 0 Å². The number of anilines is 1. The predicted molar refractivity (Wildman–Crippen MR) is 85.5 cm³/mol. The van der Waals surface area contributed by atoms with Gasteiger partial charge in [-0.15, -0.1) is 11.8 Å². The van der Waals surface area contributed by atoms with Gasteiger partial charge in [0.2, 0.25) is 12.3 Å². The molecule has 1 amide bonds. The van der Waals surface area contributed by atoms with Gasteiger partial charge >= 0.3 is 0 Å². The lowest BCUT2D eigenvalue weighted by Crippen LogP contribution is -2.39. The zero-order valence-corrected chi connectivity index (χ0v) is 13.4. The predicted octanol–water partition coefficient (Wildman–Crippen LogP) is 3.22. The molecule has 0 saturated carbocycles. The molecule has 1 fully saturated rings. The van der Waals surface area contributed by atoms with Crippen LogP contribution in [0.3, 0.4) is 0 Å². The summed E-state index contributed by atoms with van der Waals surface area (Å²) in [7, 11) is 0. The maximum absolute atomic E-state index is 13.3. The minimum atomic E-state index is -2.46. The van der Waals surface area contributed by atoms with Crippen molar-refractivity contribution in [3.63, 3.8) is 0 Å². The number of carbonyl (C=O) groups excluding carboxylic acids is 1. The summed E-state index contributed by atoms with van der Waals surface area (Å²) >= 11 is 2.68. The van der Waals surface area contributed by atoms with E-state index < -0.39 is 18.0 Å². The summed E-state index contributed by atoms with van der Waals surface area (Å²) < 4.78 is 38.0. The number of rotatable bonds is 6. The van der Waals surface area contributed by atoms with E-state index >= 15 is 0 Å². The van der Waals surface area contributed by atoms with Crippen molar-refractivity contribution < 1.29 is 18.0 Å². The Bertz CT molecular complexity index is 511. The average Bonchev–Trinajstić information content (AvgIpc) is 2.47. The van der Waals surface area contributed by atoms with Gasteiger partial charge in [0.05, 0.1) is 11.4 Å². The summed E-state index contributed by atoms with van der Waals surface area (Å²) in [6, 6.07) is 3.86. The molecule has 1 saturated heterocycles. The summed E-state index contributed by atoms with van der Waals surface area (Å²) in [5, 5.41) is 5.87. The molecule has 1 aromatic rings. The molecule has 1 heterocycles. The molecule has 8 heteroatoms. The van der Waals surface area contributed by atoms with Gasteiger partial charge in [-0.25, -0.2) is 13.2 Å². The van der Waals surface area contributed by atoms with Crippen LogP contribution in [-0.2, 0) is 4.79 Å². The first-order valence-electron chi connectivity index (χ1n) is 6.86. The Hall–Kier alpha value is -0.860. The highest BCUT2D eigenvalue weighted by atomic mass is 32.2. The Morgan fingerprint density at radius 3 is 3.00 bits per heavy atom. The Labute approximate surface area is 135 Å². The smallest absolute Gasteiger partial charge is 0.247 e. The van der Waals surface area contributed by atoms with Crippen LogP contribution in [0.4, 0.5) is 18.9 Å². The fourth-order valence-electron chi connectivity index (χ4n) is 2.05. The van der Waals surface area contributed by atoms with Crippen LogP contribution >= 0.6 is 23.5 Å². The molecule has 22 heavy (non-hydrogen) atoms. The molecular formula is C14H17F3N2OS2. The molecule has 2 rings (SSSR count). The molecule has 0 bridgehead atoms. The molecule has 1 atom stereocenters. The van der Waals surface area contributed by atoms with Gasteiger partial charge in [-0.05, 0) is 18.2 Å². The van der Waals surface area contributed by atoms with Crippen molar-refractivity contribution in [1.82, 2.24) is 5.32 Å². The third-order valence-electron chi connectivity index (χ3n) is 3.01. The lowest BCUT2D eigenvalue weighted by molar-refractivity contribution is -0.116. The summed E-state index contributed by atoms with van der Waals surface area (Å²) in [4.78, 5) is 12.5. The van der Waals surface area contributed by atoms with Crippen LogP contribution in [0.5, 0.6) is 0 Å². The van der Waals surface area contributed by atoms with Gasteiger partial charge in [0.15, 0.2) is 0 Å². The molecular weight excluding hydrogens is 333 g/mol. The molecule has 0 aromatic heterocycles. The lowest BCUT2D eigenvalue weighted by atomic mass is 10.2. The van der Waals surface area contributed by atoms with E-state index in [1.54, 1.807) is 11.8 Å². The van der Waals surface area contributed by atoms with Crippen molar-refractivity contribution >= 4 is 35.1 Å². The van der Waals surface area contributed by atoms with Crippen molar-refractivity contribution in [2.45, 2.75) is 23.8 Å². The van der Waals surface area contributed by atoms with E-state index in [1.807, 2.05) is 0 Å². The van der Waals surface area contributed by atoms with Crippen LogP contribution in [0.15, 0.2) is 23.1 Å². The number of amides is 1. The van der Waals surface area contributed by atoms with Crippen LogP contribution in [0.25, 0.3) is 0 Å². The Kier molecular flexibility index (Phi) is 6.91. The van der Waals surface area contributed by atoms with Crippen LogP contribution < -0.4 is 10.6 Å².